The molecule has 0 atom stereocenters. The summed E-state index contributed by atoms with van der Waals surface area (Å²) in [5, 5.41) is 5.67. The molecule has 2 aromatic carbocycles. The summed E-state index contributed by atoms with van der Waals surface area (Å²) >= 11 is 0. The molecule has 3 heterocycles. The van der Waals surface area contributed by atoms with Crippen LogP contribution in [0.1, 0.15) is 17.2 Å². The summed E-state index contributed by atoms with van der Waals surface area (Å²) in [6, 6.07) is 21.0. The summed E-state index contributed by atoms with van der Waals surface area (Å²) in [5.41, 5.74) is 4.31. The normalized spacial score (nSPS) is 15.2. The molecular weight excluding hydrogens is 372 g/mol. The predicted molar refractivity (Wildman–Crippen MR) is 121 cm³/mol. The predicted octanol–water partition coefficient (Wildman–Crippen LogP) is 3.79. The van der Waals surface area contributed by atoms with Gasteiger partial charge >= 0.3 is 0 Å². The van der Waals surface area contributed by atoms with E-state index in [4.69, 9.17) is 4.74 Å². The highest BCUT2D eigenvalue weighted by molar-refractivity contribution is 5.80. The number of piperazine rings is 1. The fraction of sp³-hybridized carbons (Fsp3) is 0.280. The Morgan fingerprint density at radius 1 is 0.833 bits per heavy atom. The molecular formula is C25H26N4O. The first-order valence-corrected chi connectivity index (χ1v) is 10.6. The lowest BCUT2D eigenvalue weighted by Crippen LogP contribution is -2.44. The summed E-state index contributed by atoms with van der Waals surface area (Å²) in [7, 11) is 0. The van der Waals surface area contributed by atoms with E-state index in [0.29, 0.717) is 6.61 Å². The van der Waals surface area contributed by atoms with Crippen molar-refractivity contribution in [2.45, 2.75) is 6.10 Å². The largest absolute Gasteiger partial charge is 0.367 e. The Kier molecular flexibility index (Phi) is 5.66. The highest BCUT2D eigenvalue weighted by atomic mass is 16.5. The van der Waals surface area contributed by atoms with Crippen LogP contribution in [-0.2, 0) is 4.74 Å². The number of rotatable bonds is 6. The van der Waals surface area contributed by atoms with Crippen molar-refractivity contribution in [2.24, 2.45) is 0 Å². The van der Waals surface area contributed by atoms with Gasteiger partial charge in [0, 0.05) is 55.9 Å². The number of ether oxygens (including phenoxy) is 1. The second-order valence-electron chi connectivity index (χ2n) is 7.75. The van der Waals surface area contributed by atoms with Crippen molar-refractivity contribution in [3.8, 4) is 0 Å². The smallest absolute Gasteiger partial charge is 0.108 e. The van der Waals surface area contributed by atoms with Crippen LogP contribution in [0.25, 0.3) is 21.8 Å². The van der Waals surface area contributed by atoms with E-state index in [2.05, 4.69) is 68.7 Å². The average molecular weight is 399 g/mol. The third-order valence-electron chi connectivity index (χ3n) is 5.76. The summed E-state index contributed by atoms with van der Waals surface area (Å²) in [6.07, 6.45) is 3.54. The van der Waals surface area contributed by atoms with Crippen molar-refractivity contribution < 1.29 is 4.74 Å². The van der Waals surface area contributed by atoms with Crippen molar-refractivity contribution in [1.82, 2.24) is 20.2 Å². The maximum Gasteiger partial charge on any atom is 0.108 e. The van der Waals surface area contributed by atoms with E-state index in [9.17, 15) is 0 Å². The first kappa shape index (κ1) is 19.1. The molecule has 0 unspecified atom stereocenters. The number of benzene rings is 2. The number of nitrogens with zero attached hydrogens (tertiary/aromatic N) is 3. The number of fused-ring (bicyclic) bond motifs is 2. The van der Waals surface area contributed by atoms with Crippen molar-refractivity contribution >= 4 is 21.8 Å². The minimum atomic E-state index is -0.123. The third kappa shape index (κ3) is 4.19. The summed E-state index contributed by atoms with van der Waals surface area (Å²) in [5.74, 6) is 0. The molecule has 1 aliphatic heterocycles. The Morgan fingerprint density at radius 3 is 2.03 bits per heavy atom. The Bertz CT molecular complexity index is 1060. The van der Waals surface area contributed by atoms with Gasteiger partial charge in [-0.1, -0.05) is 24.3 Å². The number of pyridine rings is 2. The average Bonchev–Trinajstić information content (AvgIpc) is 2.82. The highest BCUT2D eigenvalue weighted by Crippen LogP contribution is 2.30. The van der Waals surface area contributed by atoms with Crippen LogP contribution in [0.15, 0.2) is 73.1 Å². The van der Waals surface area contributed by atoms with E-state index < -0.39 is 0 Å². The van der Waals surface area contributed by atoms with Gasteiger partial charge in [0.25, 0.3) is 0 Å². The molecule has 30 heavy (non-hydrogen) atoms. The first-order valence-electron chi connectivity index (χ1n) is 10.6. The van der Waals surface area contributed by atoms with Gasteiger partial charge in [0.2, 0.25) is 0 Å². The van der Waals surface area contributed by atoms with E-state index in [0.717, 1.165) is 65.7 Å². The molecule has 0 spiro atoms. The molecule has 4 aromatic rings. The fourth-order valence-corrected chi connectivity index (χ4v) is 4.13. The van der Waals surface area contributed by atoms with E-state index in [1.165, 1.54) is 0 Å². The number of hydrogen-bond donors (Lipinski definition) is 1. The lowest BCUT2D eigenvalue weighted by atomic mass is 9.98. The van der Waals surface area contributed by atoms with E-state index in [1.54, 1.807) is 0 Å². The van der Waals surface area contributed by atoms with Crippen molar-refractivity contribution in [2.75, 3.05) is 39.3 Å². The zero-order valence-electron chi connectivity index (χ0n) is 17.0. The van der Waals surface area contributed by atoms with Gasteiger partial charge in [0.05, 0.1) is 17.6 Å². The van der Waals surface area contributed by atoms with Crippen LogP contribution in [0.4, 0.5) is 0 Å². The van der Waals surface area contributed by atoms with E-state index >= 15 is 0 Å². The van der Waals surface area contributed by atoms with Crippen LogP contribution in [0.3, 0.4) is 0 Å². The second kappa shape index (κ2) is 8.88. The number of hydrogen-bond acceptors (Lipinski definition) is 5. The maximum atomic E-state index is 6.51. The molecule has 0 radical (unpaired) electrons. The van der Waals surface area contributed by atoms with Crippen molar-refractivity contribution in [3.63, 3.8) is 0 Å². The summed E-state index contributed by atoms with van der Waals surface area (Å²) in [4.78, 5) is 11.4. The SMILES string of the molecule is c1cnc2ccc(C(OCCN3CCNCC3)c3ccc4ncccc4c3)cc2c1. The molecule has 152 valence electrons. The van der Waals surface area contributed by atoms with Gasteiger partial charge in [0.1, 0.15) is 6.10 Å². The molecule has 1 saturated heterocycles. The van der Waals surface area contributed by atoms with Crippen LogP contribution in [0.2, 0.25) is 0 Å². The van der Waals surface area contributed by atoms with Crippen LogP contribution >= 0.6 is 0 Å². The zero-order valence-corrected chi connectivity index (χ0v) is 17.0. The third-order valence-corrected chi connectivity index (χ3v) is 5.76. The Balaban J connectivity index is 1.45. The molecule has 1 fully saturated rings. The molecule has 5 heteroatoms. The number of nitrogens with one attached hydrogen (secondary N) is 1. The number of aromatic nitrogens is 2. The lowest BCUT2D eigenvalue weighted by Gasteiger charge is -2.28. The second-order valence-corrected chi connectivity index (χ2v) is 7.75. The van der Waals surface area contributed by atoms with Crippen LogP contribution < -0.4 is 5.32 Å². The van der Waals surface area contributed by atoms with E-state index in [1.807, 2.05) is 24.5 Å². The van der Waals surface area contributed by atoms with Crippen LogP contribution in [0, 0.1) is 0 Å². The van der Waals surface area contributed by atoms with Crippen LogP contribution in [0.5, 0.6) is 0 Å². The summed E-state index contributed by atoms with van der Waals surface area (Å²) < 4.78 is 6.51. The molecule has 0 saturated carbocycles. The van der Waals surface area contributed by atoms with Crippen molar-refractivity contribution in [1.29, 1.82) is 0 Å². The summed E-state index contributed by atoms with van der Waals surface area (Å²) in [6.45, 7) is 5.91. The lowest BCUT2D eigenvalue weighted by molar-refractivity contribution is 0.0574. The molecule has 5 nitrogen and oxygen atoms in total. The van der Waals surface area contributed by atoms with Crippen molar-refractivity contribution in [3.05, 3.63) is 84.2 Å². The molecule has 2 aromatic heterocycles. The highest BCUT2D eigenvalue weighted by Gasteiger charge is 2.17. The molecule has 0 amide bonds. The Hall–Kier alpha value is -2.86. The standard InChI is InChI=1S/C25H26N4O/c1-3-19-17-21(5-7-23(19)27-9-1)25(30-16-15-29-13-11-26-12-14-29)22-6-8-24-20(18-22)4-2-10-28-24/h1-10,17-18,25-26H,11-16H2. The van der Waals surface area contributed by atoms with Gasteiger partial charge in [-0.05, 0) is 47.5 Å². The Morgan fingerprint density at radius 2 is 1.43 bits per heavy atom. The molecule has 0 bridgehead atoms. The quantitative estimate of drug-likeness (QED) is 0.535. The fourth-order valence-electron chi connectivity index (χ4n) is 4.13. The van der Waals surface area contributed by atoms with E-state index in [-0.39, 0.29) is 6.10 Å². The topological polar surface area (TPSA) is 50.3 Å². The van der Waals surface area contributed by atoms with Gasteiger partial charge in [-0.15, -0.1) is 0 Å². The zero-order chi connectivity index (χ0) is 20.2. The minimum absolute atomic E-state index is 0.123. The molecule has 1 N–H and O–H groups in total. The first-order chi connectivity index (χ1) is 14.9. The minimum Gasteiger partial charge on any atom is -0.367 e. The van der Waals surface area contributed by atoms with Gasteiger partial charge in [-0.2, -0.15) is 0 Å². The van der Waals surface area contributed by atoms with Crippen LogP contribution in [-0.4, -0.2) is 54.2 Å². The Labute approximate surface area is 176 Å². The molecule has 1 aliphatic rings. The van der Waals surface area contributed by atoms with Gasteiger partial charge in [-0.3, -0.25) is 14.9 Å². The molecule has 5 rings (SSSR count). The van der Waals surface area contributed by atoms with Gasteiger partial charge in [-0.25, -0.2) is 0 Å². The monoisotopic (exact) mass is 398 g/mol. The van der Waals surface area contributed by atoms with Gasteiger partial charge in [0.15, 0.2) is 0 Å². The molecule has 0 aliphatic carbocycles. The maximum absolute atomic E-state index is 6.51. The van der Waals surface area contributed by atoms with Gasteiger partial charge < -0.3 is 10.1 Å².